The summed E-state index contributed by atoms with van der Waals surface area (Å²) < 4.78 is 90.8. The van der Waals surface area contributed by atoms with Gasteiger partial charge >= 0.3 is 12.4 Å². The minimum atomic E-state index is -4.83. The van der Waals surface area contributed by atoms with Gasteiger partial charge in [0.1, 0.15) is 17.4 Å². The van der Waals surface area contributed by atoms with Gasteiger partial charge in [0.2, 0.25) is 0 Å². The van der Waals surface area contributed by atoms with Gasteiger partial charge in [-0.05, 0) is 57.6 Å². The van der Waals surface area contributed by atoms with E-state index in [4.69, 9.17) is 4.74 Å². The van der Waals surface area contributed by atoms with Crippen molar-refractivity contribution in [2.45, 2.75) is 45.2 Å². The van der Waals surface area contributed by atoms with Crippen molar-refractivity contribution in [3.05, 3.63) is 83.2 Å². The van der Waals surface area contributed by atoms with E-state index in [0.29, 0.717) is 15.8 Å². The zero-order valence-corrected chi connectivity index (χ0v) is 24.2. The third kappa shape index (κ3) is 6.61. The molecule has 0 bridgehead atoms. The van der Waals surface area contributed by atoms with Crippen LogP contribution in [-0.2, 0) is 6.18 Å². The van der Waals surface area contributed by atoms with Gasteiger partial charge in [0.25, 0.3) is 5.91 Å². The van der Waals surface area contributed by atoms with Crippen LogP contribution in [0.5, 0.6) is 5.75 Å². The summed E-state index contributed by atoms with van der Waals surface area (Å²) in [5.74, 6) is -0.205. The first-order chi connectivity index (χ1) is 20.1. The summed E-state index contributed by atoms with van der Waals surface area (Å²) in [5.41, 5.74) is -1.37. The highest BCUT2D eigenvalue weighted by Gasteiger charge is 2.43. The molecule has 1 amide bonds. The third-order valence-corrected chi connectivity index (χ3v) is 7.19. The summed E-state index contributed by atoms with van der Waals surface area (Å²) >= 11 is 0. The van der Waals surface area contributed by atoms with Crippen molar-refractivity contribution in [3.63, 3.8) is 0 Å². The van der Waals surface area contributed by atoms with Gasteiger partial charge in [-0.3, -0.25) is 9.69 Å². The number of ether oxygens (including phenoxy) is 1. The zero-order valence-electron chi connectivity index (χ0n) is 24.2. The van der Waals surface area contributed by atoms with E-state index in [0.717, 1.165) is 11.1 Å². The van der Waals surface area contributed by atoms with E-state index in [1.807, 2.05) is 0 Å². The Morgan fingerprint density at radius 2 is 1.60 bits per heavy atom. The number of aromatic nitrogens is 3. The molecule has 2 aromatic heterocycles. The predicted octanol–water partition coefficient (Wildman–Crippen LogP) is 6.82. The summed E-state index contributed by atoms with van der Waals surface area (Å²) in [6, 6.07) is 11.3. The molecule has 0 radical (unpaired) electrons. The highest BCUT2D eigenvalue weighted by molar-refractivity contribution is 6.00. The van der Waals surface area contributed by atoms with Gasteiger partial charge in [0.05, 0.1) is 19.0 Å². The number of hydrogen-bond acceptors (Lipinski definition) is 5. The van der Waals surface area contributed by atoms with Gasteiger partial charge < -0.3 is 9.64 Å². The fourth-order valence-electron chi connectivity index (χ4n) is 5.06. The molecule has 2 heterocycles. The number of benzene rings is 2. The molecule has 13 heteroatoms. The fourth-order valence-corrected chi connectivity index (χ4v) is 5.06. The predicted molar refractivity (Wildman–Crippen MR) is 149 cm³/mol. The standard InChI is InChI=1S/C30H31F6N5O2/c1-18(2)40(16-15-39(4)26(30(34,35)36)21-9-7-6-8-10-21)28(42)23-17-37-41-25(29(31,32)33)19(3)24(38-27(23)41)20-11-13-22(43-5)14-12-20/h6-14,17-18,26H,15-16H2,1-5H3/t26-/m1/s1. The normalized spacial score (nSPS) is 13.1. The molecule has 0 N–H and O–H groups in total. The summed E-state index contributed by atoms with van der Waals surface area (Å²) in [7, 11) is 2.77. The number of alkyl halides is 6. The van der Waals surface area contributed by atoms with E-state index in [2.05, 4.69) is 10.1 Å². The van der Waals surface area contributed by atoms with E-state index in [-0.39, 0.29) is 41.1 Å². The molecule has 0 saturated carbocycles. The monoisotopic (exact) mass is 607 g/mol. The maximum absolute atomic E-state index is 14.3. The average molecular weight is 608 g/mol. The summed E-state index contributed by atoms with van der Waals surface area (Å²) in [6.45, 7) is 4.32. The van der Waals surface area contributed by atoms with Crippen molar-refractivity contribution in [1.29, 1.82) is 0 Å². The molecular formula is C30H31F6N5O2. The van der Waals surface area contributed by atoms with Crippen molar-refractivity contribution < 1.29 is 35.9 Å². The van der Waals surface area contributed by atoms with Gasteiger partial charge in [-0.2, -0.15) is 31.4 Å². The van der Waals surface area contributed by atoms with E-state index < -0.39 is 36.0 Å². The Morgan fingerprint density at radius 3 is 2.14 bits per heavy atom. The first kappa shape index (κ1) is 31.8. The summed E-state index contributed by atoms with van der Waals surface area (Å²) in [4.78, 5) is 20.6. The van der Waals surface area contributed by atoms with Crippen LogP contribution in [0.15, 0.2) is 60.8 Å². The highest BCUT2D eigenvalue weighted by Crippen LogP contribution is 2.38. The zero-order chi connectivity index (χ0) is 31.7. The molecule has 0 spiro atoms. The van der Waals surface area contributed by atoms with Crippen molar-refractivity contribution in [3.8, 4) is 17.0 Å². The second-order valence-corrected chi connectivity index (χ2v) is 10.4. The molecule has 43 heavy (non-hydrogen) atoms. The molecule has 1 atom stereocenters. The van der Waals surface area contributed by atoms with Crippen LogP contribution in [0, 0.1) is 6.92 Å². The molecule has 7 nitrogen and oxygen atoms in total. The number of nitrogens with zero attached hydrogens (tertiary/aromatic N) is 5. The van der Waals surface area contributed by atoms with E-state index >= 15 is 0 Å². The molecule has 0 fully saturated rings. The number of carbonyl (C=O) groups excluding carboxylic acids is 1. The van der Waals surface area contributed by atoms with Gasteiger partial charge in [-0.1, -0.05) is 30.3 Å². The molecule has 4 rings (SSSR count). The Hall–Kier alpha value is -4.13. The molecule has 230 valence electrons. The van der Waals surface area contributed by atoms with Crippen LogP contribution < -0.4 is 4.74 Å². The minimum absolute atomic E-state index is 0.00346. The molecule has 0 unspecified atom stereocenters. The lowest BCUT2D eigenvalue weighted by Gasteiger charge is -2.33. The number of likely N-dealkylation sites (N-methyl/N-ethyl adjacent to an activating group) is 1. The van der Waals surface area contributed by atoms with Crippen LogP contribution >= 0.6 is 0 Å². The topological polar surface area (TPSA) is 63.0 Å². The molecule has 0 aliphatic carbocycles. The molecule has 0 aliphatic rings. The van der Waals surface area contributed by atoms with E-state index in [1.54, 1.807) is 44.2 Å². The first-order valence-electron chi connectivity index (χ1n) is 13.4. The lowest BCUT2D eigenvalue weighted by atomic mass is 10.0. The van der Waals surface area contributed by atoms with Crippen molar-refractivity contribution in [1.82, 2.24) is 24.4 Å². The van der Waals surface area contributed by atoms with Crippen LogP contribution in [0.25, 0.3) is 16.9 Å². The summed E-state index contributed by atoms with van der Waals surface area (Å²) in [5, 5.41) is 3.87. The number of rotatable bonds is 9. The quantitative estimate of drug-likeness (QED) is 0.196. The Kier molecular flexibility index (Phi) is 9.05. The fraction of sp³-hybridized carbons (Fsp3) is 0.367. The number of hydrogen-bond donors (Lipinski definition) is 0. The number of carbonyl (C=O) groups is 1. The Balaban J connectivity index is 1.72. The second-order valence-electron chi connectivity index (χ2n) is 10.4. The Morgan fingerprint density at radius 1 is 0.977 bits per heavy atom. The van der Waals surface area contributed by atoms with Crippen LogP contribution in [0.4, 0.5) is 26.3 Å². The van der Waals surface area contributed by atoms with E-state index in [9.17, 15) is 31.1 Å². The number of fused-ring (bicyclic) bond motifs is 1. The molecular weight excluding hydrogens is 576 g/mol. The van der Waals surface area contributed by atoms with Gasteiger partial charge in [0.15, 0.2) is 11.3 Å². The highest BCUT2D eigenvalue weighted by atomic mass is 19.4. The van der Waals surface area contributed by atoms with E-state index in [1.165, 1.54) is 50.2 Å². The van der Waals surface area contributed by atoms with Gasteiger partial charge in [-0.25, -0.2) is 9.50 Å². The van der Waals surface area contributed by atoms with Crippen LogP contribution in [-0.4, -0.2) is 69.8 Å². The smallest absolute Gasteiger partial charge is 0.433 e. The van der Waals surface area contributed by atoms with Crippen LogP contribution in [0.2, 0.25) is 0 Å². The molecule has 0 aliphatic heterocycles. The molecule has 2 aromatic carbocycles. The third-order valence-electron chi connectivity index (χ3n) is 7.19. The number of methoxy groups -OCH3 is 1. The molecule has 4 aromatic rings. The Bertz CT molecular complexity index is 1570. The lowest BCUT2D eigenvalue weighted by Crippen LogP contribution is -2.44. The van der Waals surface area contributed by atoms with Crippen molar-refractivity contribution in [2.75, 3.05) is 27.2 Å². The van der Waals surface area contributed by atoms with Crippen molar-refractivity contribution in [2.24, 2.45) is 0 Å². The lowest BCUT2D eigenvalue weighted by molar-refractivity contribution is -0.183. The first-order valence-corrected chi connectivity index (χ1v) is 13.4. The maximum atomic E-state index is 14.3. The molecule has 0 saturated heterocycles. The second kappa shape index (κ2) is 12.2. The summed E-state index contributed by atoms with van der Waals surface area (Å²) in [6.07, 6.45) is -8.40. The Labute approximate surface area is 244 Å². The number of halogens is 6. The van der Waals surface area contributed by atoms with Gasteiger partial charge in [-0.15, -0.1) is 0 Å². The number of amides is 1. The largest absolute Gasteiger partial charge is 0.497 e. The average Bonchev–Trinajstić information content (AvgIpc) is 3.35. The maximum Gasteiger partial charge on any atom is 0.433 e. The van der Waals surface area contributed by atoms with Gasteiger partial charge in [0, 0.05) is 30.3 Å². The van der Waals surface area contributed by atoms with Crippen LogP contribution in [0.1, 0.15) is 47.1 Å². The van der Waals surface area contributed by atoms with Crippen molar-refractivity contribution >= 4 is 11.6 Å². The minimum Gasteiger partial charge on any atom is -0.497 e. The SMILES string of the molecule is COc1ccc(-c2nc3c(C(=O)N(CCN(C)[C@H](c4ccccc4)C(F)(F)F)C(C)C)cnn3c(C(F)(F)F)c2C)cc1. The van der Waals surface area contributed by atoms with Crippen LogP contribution in [0.3, 0.4) is 0 Å².